The van der Waals surface area contributed by atoms with Crippen molar-refractivity contribution in [3.63, 3.8) is 0 Å². The molecule has 0 saturated carbocycles. The lowest BCUT2D eigenvalue weighted by molar-refractivity contribution is -0.141. The molecule has 1 heterocycles. The second-order valence-corrected chi connectivity index (χ2v) is 3.39. The van der Waals surface area contributed by atoms with E-state index in [0.717, 1.165) is 6.07 Å². The fourth-order valence-electron chi connectivity index (χ4n) is 1.10. The van der Waals surface area contributed by atoms with Crippen LogP contribution in [0.15, 0.2) is 18.2 Å². The van der Waals surface area contributed by atoms with Gasteiger partial charge in [-0.25, -0.2) is 4.98 Å². The zero-order valence-corrected chi connectivity index (χ0v) is 9.41. The van der Waals surface area contributed by atoms with E-state index in [2.05, 4.69) is 15.3 Å². The number of pyridine rings is 1. The van der Waals surface area contributed by atoms with Crippen molar-refractivity contribution in [1.29, 1.82) is 0 Å². The summed E-state index contributed by atoms with van der Waals surface area (Å²) in [5, 5.41) is 0. The van der Waals surface area contributed by atoms with E-state index in [1.807, 2.05) is 0 Å². The molecule has 0 saturated heterocycles. The van der Waals surface area contributed by atoms with Crippen molar-refractivity contribution in [1.82, 2.24) is 10.5 Å². The highest BCUT2D eigenvalue weighted by atomic mass is 19.4. The summed E-state index contributed by atoms with van der Waals surface area (Å²) >= 11 is 0. The van der Waals surface area contributed by atoms with Gasteiger partial charge in [-0.3, -0.25) is 0 Å². The second-order valence-electron chi connectivity index (χ2n) is 3.39. The molecule has 1 aromatic heterocycles. The van der Waals surface area contributed by atoms with Crippen LogP contribution in [-0.2, 0) is 11.0 Å². The van der Waals surface area contributed by atoms with E-state index in [4.69, 9.17) is 4.74 Å². The molecule has 1 unspecified atom stereocenters. The molecule has 0 aliphatic rings. The molecule has 1 atom stereocenters. The van der Waals surface area contributed by atoms with Crippen molar-refractivity contribution in [3.8, 4) is 5.88 Å². The fourth-order valence-corrected chi connectivity index (χ4v) is 1.10. The van der Waals surface area contributed by atoms with Crippen LogP contribution in [0.4, 0.5) is 13.2 Å². The molecule has 0 aliphatic heterocycles. The van der Waals surface area contributed by atoms with Gasteiger partial charge in [0.2, 0.25) is 5.88 Å². The minimum absolute atomic E-state index is 0.0652. The van der Waals surface area contributed by atoms with Crippen molar-refractivity contribution in [3.05, 3.63) is 23.9 Å². The van der Waals surface area contributed by atoms with Crippen LogP contribution in [0.5, 0.6) is 5.88 Å². The highest BCUT2D eigenvalue weighted by molar-refractivity contribution is 5.17. The lowest BCUT2D eigenvalue weighted by Crippen LogP contribution is -2.30. The summed E-state index contributed by atoms with van der Waals surface area (Å²) in [4.78, 5) is 8.00. The summed E-state index contributed by atoms with van der Waals surface area (Å²) < 4.78 is 42.1. The first-order valence-electron chi connectivity index (χ1n) is 4.89. The third-order valence-electron chi connectivity index (χ3n) is 1.81. The number of hydroxylamine groups is 1. The van der Waals surface area contributed by atoms with Gasteiger partial charge in [0, 0.05) is 6.07 Å². The van der Waals surface area contributed by atoms with Crippen LogP contribution in [0, 0.1) is 0 Å². The number of halogens is 3. The quantitative estimate of drug-likeness (QED) is 0.812. The van der Waals surface area contributed by atoms with E-state index in [0.29, 0.717) is 0 Å². The molecule has 0 aromatic carbocycles. The van der Waals surface area contributed by atoms with Gasteiger partial charge in [-0.05, 0) is 13.0 Å². The third kappa shape index (κ3) is 4.58. The zero-order chi connectivity index (χ0) is 12.9. The summed E-state index contributed by atoms with van der Waals surface area (Å²) in [6, 6.07) is 3.36. The molecule has 0 fully saturated rings. The van der Waals surface area contributed by atoms with Crippen LogP contribution in [0.3, 0.4) is 0 Å². The average Bonchev–Trinajstić information content (AvgIpc) is 2.26. The number of rotatable bonds is 5. The van der Waals surface area contributed by atoms with Crippen molar-refractivity contribution < 1.29 is 22.7 Å². The predicted octanol–water partition coefficient (Wildman–Crippen LogP) is 2.02. The lowest BCUT2D eigenvalue weighted by Gasteiger charge is -2.13. The van der Waals surface area contributed by atoms with Gasteiger partial charge in [0.25, 0.3) is 0 Å². The number of ether oxygens (including phenoxy) is 1. The molecule has 0 spiro atoms. The Balaban J connectivity index is 2.60. The minimum Gasteiger partial charge on any atom is -0.476 e. The van der Waals surface area contributed by atoms with Crippen LogP contribution in [-0.4, -0.2) is 24.7 Å². The van der Waals surface area contributed by atoms with Crippen LogP contribution >= 0.6 is 0 Å². The monoisotopic (exact) mass is 250 g/mol. The van der Waals surface area contributed by atoms with E-state index in [-0.39, 0.29) is 18.5 Å². The van der Waals surface area contributed by atoms with E-state index >= 15 is 0 Å². The van der Waals surface area contributed by atoms with Crippen LogP contribution in [0.25, 0.3) is 0 Å². The normalized spacial score (nSPS) is 13.5. The summed E-state index contributed by atoms with van der Waals surface area (Å²) in [7, 11) is 1.44. The number of alkyl halides is 3. The van der Waals surface area contributed by atoms with Crippen molar-refractivity contribution in [2.24, 2.45) is 0 Å². The first kappa shape index (κ1) is 13.7. The molecule has 17 heavy (non-hydrogen) atoms. The van der Waals surface area contributed by atoms with Gasteiger partial charge in [-0.2, -0.15) is 18.7 Å². The molecule has 1 N–H and O–H groups in total. The highest BCUT2D eigenvalue weighted by Gasteiger charge is 2.32. The zero-order valence-electron chi connectivity index (χ0n) is 9.41. The molecule has 96 valence electrons. The highest BCUT2D eigenvalue weighted by Crippen LogP contribution is 2.28. The van der Waals surface area contributed by atoms with Gasteiger partial charge >= 0.3 is 6.18 Å². The molecular formula is C10H13F3N2O2. The smallest absolute Gasteiger partial charge is 0.433 e. The standard InChI is InChI=1S/C10H13F3N2O2/c1-7(15-16-2)6-17-9-5-3-4-8(14-9)10(11,12)13/h3-5,7,15H,6H2,1-2H3. The SMILES string of the molecule is CONC(C)COc1cccc(C(F)(F)F)n1. The topological polar surface area (TPSA) is 43.4 Å². The molecule has 1 aromatic rings. The first-order valence-corrected chi connectivity index (χ1v) is 4.89. The second kappa shape index (κ2) is 5.83. The van der Waals surface area contributed by atoms with Gasteiger partial charge in [-0.1, -0.05) is 6.07 Å². The van der Waals surface area contributed by atoms with Gasteiger partial charge in [0.05, 0.1) is 13.2 Å². The summed E-state index contributed by atoms with van der Waals surface area (Å²) in [5.41, 5.74) is 1.62. The molecule has 7 heteroatoms. The lowest BCUT2D eigenvalue weighted by atomic mass is 10.3. The fraction of sp³-hybridized carbons (Fsp3) is 0.500. The van der Waals surface area contributed by atoms with Crippen LogP contribution in [0.2, 0.25) is 0 Å². The van der Waals surface area contributed by atoms with Gasteiger partial charge < -0.3 is 9.57 Å². The Morgan fingerprint density at radius 3 is 2.71 bits per heavy atom. The molecule has 0 bridgehead atoms. The van der Waals surface area contributed by atoms with E-state index in [1.165, 1.54) is 19.2 Å². The number of hydrogen-bond donors (Lipinski definition) is 1. The van der Waals surface area contributed by atoms with E-state index < -0.39 is 11.9 Å². The largest absolute Gasteiger partial charge is 0.476 e. The van der Waals surface area contributed by atoms with Gasteiger partial charge in [0.1, 0.15) is 12.3 Å². The Morgan fingerprint density at radius 2 is 2.12 bits per heavy atom. The maximum atomic E-state index is 12.3. The van der Waals surface area contributed by atoms with E-state index in [1.54, 1.807) is 6.92 Å². The summed E-state index contributed by atoms with van der Waals surface area (Å²) in [6.07, 6.45) is -4.46. The Hall–Kier alpha value is -1.34. The first-order chi connectivity index (χ1) is 7.93. The van der Waals surface area contributed by atoms with Crippen LogP contribution < -0.4 is 10.2 Å². The summed E-state index contributed by atoms with van der Waals surface area (Å²) in [5.74, 6) is -0.0652. The maximum Gasteiger partial charge on any atom is 0.433 e. The van der Waals surface area contributed by atoms with Gasteiger partial charge in [-0.15, -0.1) is 0 Å². The van der Waals surface area contributed by atoms with Crippen molar-refractivity contribution >= 4 is 0 Å². The molecule has 4 nitrogen and oxygen atoms in total. The van der Waals surface area contributed by atoms with Crippen molar-refractivity contribution in [2.45, 2.75) is 19.1 Å². The molecule has 0 aliphatic carbocycles. The number of hydrogen-bond acceptors (Lipinski definition) is 4. The molecule has 0 amide bonds. The molecule has 1 rings (SSSR count). The molecular weight excluding hydrogens is 237 g/mol. The predicted molar refractivity (Wildman–Crippen MR) is 54.3 cm³/mol. The van der Waals surface area contributed by atoms with Crippen molar-refractivity contribution in [2.75, 3.05) is 13.7 Å². The Labute approximate surface area is 96.7 Å². The van der Waals surface area contributed by atoms with Crippen LogP contribution in [0.1, 0.15) is 12.6 Å². The maximum absolute atomic E-state index is 12.3. The Morgan fingerprint density at radius 1 is 1.41 bits per heavy atom. The Bertz CT molecular complexity index is 358. The number of nitrogens with zero attached hydrogens (tertiary/aromatic N) is 1. The number of nitrogens with one attached hydrogen (secondary N) is 1. The van der Waals surface area contributed by atoms with E-state index in [9.17, 15) is 13.2 Å². The summed E-state index contributed by atoms with van der Waals surface area (Å²) in [6.45, 7) is 1.92. The van der Waals surface area contributed by atoms with Gasteiger partial charge in [0.15, 0.2) is 0 Å². The Kier molecular flexibility index (Phi) is 4.71. The third-order valence-corrected chi connectivity index (χ3v) is 1.81. The number of aromatic nitrogens is 1. The molecule has 0 radical (unpaired) electrons. The average molecular weight is 250 g/mol. The minimum atomic E-state index is -4.46.